The first-order chi connectivity index (χ1) is 20.0. The maximum Gasteiger partial charge on any atom is 0.171 e. The van der Waals surface area contributed by atoms with Crippen molar-refractivity contribution < 1.29 is 14.0 Å². The zero-order chi connectivity index (χ0) is 28.1. The van der Waals surface area contributed by atoms with E-state index in [1.165, 1.54) is 0 Å². The Kier molecular flexibility index (Phi) is 6.41. The molecule has 0 fully saturated rings. The van der Waals surface area contributed by atoms with E-state index in [4.69, 9.17) is 9.47 Å². The Labute approximate surface area is 248 Å². The van der Waals surface area contributed by atoms with Crippen molar-refractivity contribution in [2.45, 2.75) is 13.8 Å². The van der Waals surface area contributed by atoms with Crippen molar-refractivity contribution in [1.29, 1.82) is 0 Å². The van der Waals surface area contributed by atoms with Crippen LogP contribution in [0.15, 0.2) is 114 Å². The Bertz CT molecular complexity index is 1730. The molecule has 2 aliphatic rings. The maximum atomic E-state index is 15.5. The number of nitrogens with zero attached hydrogens (tertiary/aromatic N) is 2. The highest BCUT2D eigenvalue weighted by Crippen LogP contribution is 2.52. The van der Waals surface area contributed by atoms with Crippen molar-refractivity contribution >= 4 is 61.7 Å². The lowest BCUT2D eigenvalue weighted by atomic mass is 10.1. The third kappa shape index (κ3) is 4.16. The number of para-hydroxylation sites is 4. The number of fused-ring (bicyclic) bond motifs is 4. The summed E-state index contributed by atoms with van der Waals surface area (Å²) in [6.07, 6.45) is 0. The van der Waals surface area contributed by atoms with Crippen molar-refractivity contribution in [1.82, 2.24) is 0 Å². The molecule has 0 saturated carbocycles. The molecule has 0 bridgehead atoms. The molecular formula is C34H28BrN2O3P. The van der Waals surface area contributed by atoms with Crippen molar-refractivity contribution in [3.63, 3.8) is 0 Å². The van der Waals surface area contributed by atoms with E-state index in [1.807, 2.05) is 97.1 Å². The standard InChI is InChI=1S/C34H28BrN2O3P/c1-3-36-27-9-5-7-11-31(27)39-33-21-25(17-19-29(33)36)41(38,24-15-13-23(35)14-16-24)26-18-20-30-34(22-26)40-32-12-8-6-10-28(32)37(30)4-2/h5-22H,3-4H2,1-2H3. The molecule has 7 heteroatoms. The average molecular weight is 623 g/mol. The molecule has 204 valence electrons. The Hall–Kier alpha value is -3.99. The van der Waals surface area contributed by atoms with E-state index in [2.05, 4.69) is 51.7 Å². The van der Waals surface area contributed by atoms with Crippen LogP contribution in [0.4, 0.5) is 22.7 Å². The van der Waals surface area contributed by atoms with Gasteiger partial charge in [0.1, 0.15) is 0 Å². The Morgan fingerprint density at radius 1 is 0.561 bits per heavy atom. The van der Waals surface area contributed by atoms with E-state index in [9.17, 15) is 0 Å². The number of benzene rings is 5. The zero-order valence-electron chi connectivity index (χ0n) is 22.8. The highest BCUT2D eigenvalue weighted by atomic mass is 79.9. The molecular weight excluding hydrogens is 595 g/mol. The van der Waals surface area contributed by atoms with E-state index in [0.717, 1.165) is 57.1 Å². The lowest BCUT2D eigenvalue weighted by Crippen LogP contribution is -2.28. The predicted molar refractivity (Wildman–Crippen MR) is 172 cm³/mol. The fourth-order valence-electron chi connectivity index (χ4n) is 5.82. The van der Waals surface area contributed by atoms with Crippen LogP contribution in [0, 0.1) is 0 Å². The van der Waals surface area contributed by atoms with E-state index in [1.54, 1.807) is 0 Å². The molecule has 0 aliphatic carbocycles. The van der Waals surface area contributed by atoms with Crippen LogP contribution in [0.3, 0.4) is 0 Å². The van der Waals surface area contributed by atoms with Crippen LogP contribution in [0.5, 0.6) is 23.0 Å². The minimum absolute atomic E-state index is 0.695. The Morgan fingerprint density at radius 3 is 1.44 bits per heavy atom. The van der Waals surface area contributed by atoms with Gasteiger partial charge in [-0.1, -0.05) is 40.2 Å². The van der Waals surface area contributed by atoms with E-state index in [-0.39, 0.29) is 0 Å². The number of ether oxygens (including phenoxy) is 2. The second kappa shape index (κ2) is 10.1. The van der Waals surface area contributed by atoms with E-state index in [0.29, 0.717) is 22.1 Å². The summed E-state index contributed by atoms with van der Waals surface area (Å²) in [5.41, 5.74) is 3.97. The molecule has 0 amide bonds. The zero-order valence-corrected chi connectivity index (χ0v) is 25.2. The Morgan fingerprint density at radius 2 is 0.976 bits per heavy atom. The lowest BCUT2D eigenvalue weighted by Gasteiger charge is -2.33. The molecule has 0 aromatic heterocycles. The normalized spacial score (nSPS) is 13.3. The van der Waals surface area contributed by atoms with Crippen LogP contribution in [-0.2, 0) is 4.57 Å². The topological polar surface area (TPSA) is 42.0 Å². The molecule has 2 aliphatic heterocycles. The number of halogens is 1. The Balaban J connectivity index is 1.39. The number of hydrogen-bond donors (Lipinski definition) is 0. The first kappa shape index (κ1) is 25.9. The molecule has 7 rings (SSSR count). The quantitative estimate of drug-likeness (QED) is 0.184. The van der Waals surface area contributed by atoms with Crippen LogP contribution in [0.2, 0.25) is 0 Å². The SMILES string of the molecule is CCN1c2ccccc2Oc2cc(P(=O)(c3ccc(Br)cc3)c3ccc4c(c3)Oc3ccccc3N4CC)ccc21. The van der Waals surface area contributed by atoms with Gasteiger partial charge in [-0.2, -0.15) is 0 Å². The first-order valence-electron chi connectivity index (χ1n) is 13.8. The molecule has 0 saturated heterocycles. The van der Waals surface area contributed by atoms with Gasteiger partial charge in [0.15, 0.2) is 30.1 Å². The number of hydrogen-bond acceptors (Lipinski definition) is 5. The van der Waals surface area contributed by atoms with Crippen molar-refractivity contribution in [2.75, 3.05) is 22.9 Å². The highest BCUT2D eigenvalue weighted by molar-refractivity contribution is 9.10. The maximum absolute atomic E-state index is 15.5. The molecule has 5 aromatic carbocycles. The van der Waals surface area contributed by atoms with Gasteiger partial charge in [-0.15, -0.1) is 0 Å². The summed E-state index contributed by atoms with van der Waals surface area (Å²) >= 11 is 3.54. The summed E-state index contributed by atoms with van der Waals surface area (Å²) in [5, 5.41) is 2.16. The summed E-state index contributed by atoms with van der Waals surface area (Å²) < 4.78 is 29.3. The van der Waals surface area contributed by atoms with Gasteiger partial charge in [0, 0.05) is 33.5 Å². The largest absolute Gasteiger partial charge is 0.453 e. The molecule has 5 nitrogen and oxygen atoms in total. The summed E-state index contributed by atoms with van der Waals surface area (Å²) in [4.78, 5) is 4.46. The van der Waals surface area contributed by atoms with Crippen LogP contribution >= 0.6 is 23.1 Å². The van der Waals surface area contributed by atoms with Crippen molar-refractivity contribution in [2.24, 2.45) is 0 Å². The second-order valence-electron chi connectivity index (χ2n) is 10.0. The average Bonchev–Trinajstić information content (AvgIpc) is 3.01. The van der Waals surface area contributed by atoms with Crippen molar-refractivity contribution in [3.05, 3.63) is 114 Å². The summed E-state index contributed by atoms with van der Waals surface area (Å²) in [7, 11) is -3.33. The third-order valence-electron chi connectivity index (χ3n) is 7.77. The molecule has 0 unspecified atom stereocenters. The molecule has 0 spiro atoms. The van der Waals surface area contributed by atoms with Crippen LogP contribution in [0.25, 0.3) is 0 Å². The molecule has 2 heterocycles. The second-order valence-corrected chi connectivity index (χ2v) is 13.7. The fraction of sp³-hybridized carbons (Fsp3) is 0.118. The van der Waals surface area contributed by atoms with Gasteiger partial charge in [0.05, 0.1) is 22.7 Å². The molecule has 5 aromatic rings. The van der Waals surface area contributed by atoms with Crippen LogP contribution < -0.4 is 35.2 Å². The minimum atomic E-state index is -3.33. The smallest absolute Gasteiger partial charge is 0.171 e. The summed E-state index contributed by atoms with van der Waals surface area (Å²) in [6, 6.07) is 35.7. The highest BCUT2D eigenvalue weighted by Gasteiger charge is 2.34. The van der Waals surface area contributed by atoms with Gasteiger partial charge >= 0.3 is 0 Å². The van der Waals surface area contributed by atoms with Gasteiger partial charge in [-0.3, -0.25) is 0 Å². The number of anilines is 4. The van der Waals surface area contributed by atoms with Gasteiger partial charge in [-0.05, 0) is 98.8 Å². The minimum Gasteiger partial charge on any atom is -0.453 e. The van der Waals surface area contributed by atoms with Gasteiger partial charge in [-0.25, -0.2) is 0 Å². The van der Waals surface area contributed by atoms with Crippen molar-refractivity contribution in [3.8, 4) is 23.0 Å². The van der Waals surface area contributed by atoms with Gasteiger partial charge in [0.25, 0.3) is 0 Å². The molecule has 0 radical (unpaired) electrons. The molecule has 41 heavy (non-hydrogen) atoms. The third-order valence-corrected chi connectivity index (χ3v) is 11.3. The van der Waals surface area contributed by atoms with E-state index < -0.39 is 7.14 Å². The first-order valence-corrected chi connectivity index (χ1v) is 16.3. The summed E-state index contributed by atoms with van der Waals surface area (Å²) in [6.45, 7) is 5.82. The predicted octanol–water partition coefficient (Wildman–Crippen LogP) is 8.62. The van der Waals surface area contributed by atoms with Gasteiger partial charge in [0.2, 0.25) is 0 Å². The fourth-order valence-corrected chi connectivity index (χ4v) is 8.71. The summed E-state index contributed by atoms with van der Waals surface area (Å²) in [5.74, 6) is 2.97. The van der Waals surface area contributed by atoms with Gasteiger partial charge < -0.3 is 23.8 Å². The molecule has 0 N–H and O–H groups in total. The lowest BCUT2D eigenvalue weighted by molar-refractivity contribution is 0.474. The van der Waals surface area contributed by atoms with Crippen LogP contribution in [-0.4, -0.2) is 13.1 Å². The van der Waals surface area contributed by atoms with E-state index >= 15 is 4.57 Å². The van der Waals surface area contributed by atoms with Crippen LogP contribution in [0.1, 0.15) is 13.8 Å². The number of rotatable bonds is 5. The molecule has 0 atom stereocenters. The monoisotopic (exact) mass is 622 g/mol.